The minimum absolute atomic E-state index is 0.0325. The van der Waals surface area contributed by atoms with Crippen LogP contribution in [-0.4, -0.2) is 9.13 Å². The molecule has 0 N–H and O–H groups in total. The second-order valence-corrected chi connectivity index (χ2v) is 13.2. The summed E-state index contributed by atoms with van der Waals surface area (Å²) in [4.78, 5) is 0. The van der Waals surface area contributed by atoms with Crippen molar-refractivity contribution in [2.45, 2.75) is 0 Å². The van der Waals surface area contributed by atoms with Gasteiger partial charge in [0.25, 0.3) is 0 Å². The molecule has 51 heavy (non-hydrogen) atoms. The number of hydrogen-bond acceptors (Lipinski definition) is 1. The van der Waals surface area contributed by atoms with Gasteiger partial charge in [0.2, 0.25) is 0 Å². The molecule has 0 saturated heterocycles. The van der Waals surface area contributed by atoms with Crippen LogP contribution >= 0.6 is 11.3 Å². The summed E-state index contributed by atoms with van der Waals surface area (Å²) < 4.78 is 134. The minimum atomic E-state index is -0.605. The Hall–Kier alpha value is -6.42. The fourth-order valence-electron chi connectivity index (χ4n) is 7.18. The maximum Gasteiger partial charge on any atom is 0.0645 e. The van der Waals surface area contributed by atoms with Crippen LogP contribution in [0.3, 0.4) is 0 Å². The Labute approximate surface area is 318 Å². The normalized spacial score (nSPS) is 15.8. The SMILES string of the molecule is [2H]c1c([2H])c([2H])c2c(c1[2H])c1c([2H])c(-c3c([2H])c([2H])c4c(c3[2H])c3c([2H])c([2H])c([2H])c([2H])c3n4-c3cccc4c3sc3c(-c5ccccc5)cccc34)c([2H])c([2H])c1n2-c1ccccc1. The van der Waals surface area contributed by atoms with Gasteiger partial charge in [-0.15, -0.1) is 11.3 Å². The van der Waals surface area contributed by atoms with Gasteiger partial charge in [-0.2, -0.15) is 0 Å². The van der Waals surface area contributed by atoms with E-state index in [1.807, 2.05) is 60.7 Å². The third-order valence-corrected chi connectivity index (χ3v) is 10.7. The van der Waals surface area contributed by atoms with Crippen LogP contribution in [0.2, 0.25) is 0 Å². The lowest BCUT2D eigenvalue weighted by atomic mass is 10.0. The van der Waals surface area contributed by atoms with Crippen LogP contribution in [0.15, 0.2) is 182 Å². The molecule has 3 heteroatoms. The molecule has 0 radical (unpaired) electrons. The predicted octanol–water partition coefficient (Wildman–Crippen LogP) is 13.6. The molecule has 0 unspecified atom stereocenters. The Balaban J connectivity index is 1.30. The highest BCUT2D eigenvalue weighted by atomic mass is 32.1. The van der Waals surface area contributed by atoms with Gasteiger partial charge in [-0.25, -0.2) is 0 Å². The molecule has 3 heterocycles. The van der Waals surface area contributed by atoms with Crippen molar-refractivity contribution in [2.75, 3.05) is 0 Å². The maximum atomic E-state index is 9.93. The molecule has 0 aliphatic carbocycles. The fraction of sp³-hybridized carbons (Fsp3) is 0. The van der Waals surface area contributed by atoms with Crippen molar-refractivity contribution in [1.82, 2.24) is 9.13 Å². The molecule has 2 nitrogen and oxygen atoms in total. The maximum absolute atomic E-state index is 9.93. The summed E-state index contributed by atoms with van der Waals surface area (Å²) in [5.41, 5.74) is 1.84. The summed E-state index contributed by atoms with van der Waals surface area (Å²) in [5.74, 6) is 0. The molecule has 238 valence electrons. The molecule has 11 rings (SSSR count). The average molecular weight is 681 g/mol. The van der Waals surface area contributed by atoms with Gasteiger partial charge in [-0.3, -0.25) is 0 Å². The monoisotopic (exact) mass is 680 g/mol. The highest BCUT2D eigenvalue weighted by Gasteiger charge is 2.19. The first-order chi connectivity index (χ1) is 31.2. The highest BCUT2D eigenvalue weighted by molar-refractivity contribution is 7.26. The predicted molar refractivity (Wildman–Crippen MR) is 219 cm³/mol. The topological polar surface area (TPSA) is 9.86 Å². The lowest BCUT2D eigenvalue weighted by Crippen LogP contribution is -1.94. The van der Waals surface area contributed by atoms with Gasteiger partial charge in [0.05, 0.1) is 51.6 Å². The number of fused-ring (bicyclic) bond motifs is 9. The molecule has 11 aromatic rings. The summed E-state index contributed by atoms with van der Waals surface area (Å²) >= 11 is 1.47. The zero-order valence-electron chi connectivity index (χ0n) is 40.5. The Morgan fingerprint density at radius 1 is 0.392 bits per heavy atom. The van der Waals surface area contributed by atoms with Gasteiger partial charge in [-0.1, -0.05) is 127 Å². The van der Waals surface area contributed by atoms with E-state index in [4.69, 9.17) is 8.22 Å². The van der Waals surface area contributed by atoms with Crippen LogP contribution in [0.5, 0.6) is 0 Å². The van der Waals surface area contributed by atoms with Gasteiger partial charge in [-0.05, 0) is 76.7 Å². The molecule has 0 fully saturated rings. The summed E-state index contributed by atoms with van der Waals surface area (Å²) in [7, 11) is 0. The van der Waals surface area contributed by atoms with Crippen LogP contribution < -0.4 is 0 Å². The van der Waals surface area contributed by atoms with Crippen molar-refractivity contribution in [3.63, 3.8) is 0 Å². The highest BCUT2D eigenvalue weighted by Crippen LogP contribution is 2.44. The van der Waals surface area contributed by atoms with Crippen molar-refractivity contribution >= 4 is 75.1 Å². The number of nitrogens with zero attached hydrogens (tertiary/aromatic N) is 2. The van der Waals surface area contributed by atoms with E-state index < -0.39 is 95.7 Å². The largest absolute Gasteiger partial charge is 0.309 e. The zero-order chi connectivity index (χ0) is 45.7. The quantitative estimate of drug-likeness (QED) is 0.175. The number of hydrogen-bond donors (Lipinski definition) is 0. The second-order valence-electron chi connectivity index (χ2n) is 12.2. The standard InChI is InChI=1S/C48H30N2S/c1-3-13-31(14-4-1)35-19-11-20-38-39-21-12-24-46(48(39)51-47(35)38)50-43-23-10-8-18-37(43)41-30-33(26-28-45(41)50)32-25-27-44-40(29-32)36-17-7-9-22-42(36)49(44)34-15-5-2-6-16-34/h1-30H/i7D,8D,9D,10D,17D,18D,22D,23D,25D,26D,27D,28D,29D,30D. The number of aromatic nitrogens is 2. The molecule has 0 bridgehead atoms. The van der Waals surface area contributed by atoms with Crippen molar-refractivity contribution in [3.05, 3.63) is 182 Å². The number of thiophene rings is 1. The van der Waals surface area contributed by atoms with E-state index in [0.29, 0.717) is 11.4 Å². The van der Waals surface area contributed by atoms with E-state index in [-0.39, 0.29) is 43.6 Å². The van der Waals surface area contributed by atoms with E-state index in [1.165, 1.54) is 20.5 Å². The second kappa shape index (κ2) is 11.0. The Kier molecular flexibility index (Phi) is 3.90. The minimum Gasteiger partial charge on any atom is -0.309 e. The van der Waals surface area contributed by atoms with Crippen molar-refractivity contribution in [3.8, 4) is 33.6 Å². The van der Waals surface area contributed by atoms with Gasteiger partial charge < -0.3 is 9.13 Å². The third-order valence-electron chi connectivity index (χ3n) is 9.41. The molecule has 0 saturated carbocycles. The Morgan fingerprint density at radius 3 is 1.63 bits per heavy atom. The van der Waals surface area contributed by atoms with Crippen molar-refractivity contribution < 1.29 is 19.2 Å². The molecule has 0 spiro atoms. The van der Waals surface area contributed by atoms with Crippen LogP contribution in [-0.2, 0) is 0 Å². The van der Waals surface area contributed by atoms with Gasteiger partial charge >= 0.3 is 0 Å². The number of rotatable bonds is 4. The van der Waals surface area contributed by atoms with E-state index in [0.717, 1.165) is 31.3 Å². The number of benzene rings is 8. The molecule has 3 aromatic heterocycles. The van der Waals surface area contributed by atoms with Crippen LogP contribution in [0.1, 0.15) is 19.2 Å². The van der Waals surface area contributed by atoms with Crippen molar-refractivity contribution in [1.29, 1.82) is 0 Å². The van der Waals surface area contributed by atoms with Gasteiger partial charge in [0.1, 0.15) is 0 Å². The van der Waals surface area contributed by atoms with E-state index in [2.05, 4.69) is 0 Å². The average Bonchev–Trinajstić information content (AvgIpc) is 4.01. The molecule has 0 atom stereocenters. The lowest BCUT2D eigenvalue weighted by molar-refractivity contribution is 1.18. The summed E-state index contributed by atoms with van der Waals surface area (Å²) in [6, 6.07) is 22.6. The van der Waals surface area contributed by atoms with E-state index in [9.17, 15) is 11.0 Å². The summed E-state index contributed by atoms with van der Waals surface area (Å²) in [5, 5.41) is 1.35. The first-order valence-electron chi connectivity index (χ1n) is 23.3. The third kappa shape index (κ3) is 4.22. The van der Waals surface area contributed by atoms with Gasteiger partial charge in [0, 0.05) is 42.7 Å². The van der Waals surface area contributed by atoms with E-state index >= 15 is 0 Å². The zero-order valence-corrected chi connectivity index (χ0v) is 27.4. The molecular formula is C48H30N2S. The molecule has 0 aliphatic rings. The Bertz CT molecular complexity index is 3930. The summed E-state index contributed by atoms with van der Waals surface area (Å²) in [6.45, 7) is 0. The molecule has 8 aromatic carbocycles. The van der Waals surface area contributed by atoms with Crippen LogP contribution in [0.4, 0.5) is 0 Å². The van der Waals surface area contributed by atoms with Crippen LogP contribution in [0.25, 0.3) is 97.4 Å². The first kappa shape index (κ1) is 18.0. The van der Waals surface area contributed by atoms with E-state index in [1.54, 1.807) is 36.4 Å². The molecule has 0 aliphatic heterocycles. The molecule has 0 amide bonds. The van der Waals surface area contributed by atoms with Crippen LogP contribution in [0, 0.1) is 0 Å². The molecular weight excluding hydrogens is 637 g/mol. The lowest BCUT2D eigenvalue weighted by Gasteiger charge is -2.10. The Morgan fingerprint density at radius 2 is 0.941 bits per heavy atom. The number of para-hydroxylation sites is 3. The fourth-order valence-corrected chi connectivity index (χ4v) is 8.52. The van der Waals surface area contributed by atoms with Gasteiger partial charge in [0.15, 0.2) is 0 Å². The summed E-state index contributed by atoms with van der Waals surface area (Å²) in [6.07, 6.45) is 0. The van der Waals surface area contributed by atoms with Crippen molar-refractivity contribution in [2.24, 2.45) is 0 Å². The first-order valence-corrected chi connectivity index (χ1v) is 17.1. The smallest absolute Gasteiger partial charge is 0.0645 e.